The molecule has 1 aliphatic rings. The molecule has 1 aliphatic heterocycles. The van der Waals surface area contributed by atoms with E-state index in [1.165, 1.54) is 25.9 Å². The van der Waals surface area contributed by atoms with Crippen LogP contribution in [0.1, 0.15) is 12.8 Å². The summed E-state index contributed by atoms with van der Waals surface area (Å²) in [5, 5.41) is 0. The van der Waals surface area contributed by atoms with Gasteiger partial charge in [0.15, 0.2) is 0 Å². The molecular formula is C11H17N. The van der Waals surface area contributed by atoms with Gasteiger partial charge < -0.3 is 4.90 Å². The molecule has 1 saturated heterocycles. The molecular weight excluding hydrogens is 146 g/mol. The summed E-state index contributed by atoms with van der Waals surface area (Å²) in [6.07, 6.45) is 2.83. The van der Waals surface area contributed by atoms with Crippen molar-refractivity contribution in [2.45, 2.75) is 12.8 Å². The Hall–Kier alpha value is -0.820. The van der Waals surface area contributed by atoms with Gasteiger partial charge in [-0.2, -0.15) is 0 Å². The smallest absolute Gasteiger partial charge is 0.00213 e. The first kappa shape index (κ1) is 9.27. The van der Waals surface area contributed by atoms with E-state index in [2.05, 4.69) is 11.9 Å². The standard InChI is InChI=1S/C6H6.C5H11N/c1-2-4-6-5-3-1;1-6-4-2-3-5-6/h1-6H;2-5H2,1H3. The Morgan fingerprint density at radius 1 is 0.750 bits per heavy atom. The zero-order valence-electron chi connectivity index (χ0n) is 7.74. The summed E-state index contributed by atoms with van der Waals surface area (Å²) in [7, 11) is 2.17. The summed E-state index contributed by atoms with van der Waals surface area (Å²) in [4.78, 5) is 2.36. The average molecular weight is 163 g/mol. The van der Waals surface area contributed by atoms with Crippen molar-refractivity contribution in [3.05, 3.63) is 36.4 Å². The van der Waals surface area contributed by atoms with Crippen LogP contribution in [0.25, 0.3) is 0 Å². The number of likely N-dealkylation sites (tertiary alicyclic amines) is 1. The number of hydrogen-bond acceptors (Lipinski definition) is 1. The minimum Gasteiger partial charge on any atom is -0.306 e. The van der Waals surface area contributed by atoms with Gasteiger partial charge in [-0.1, -0.05) is 36.4 Å². The van der Waals surface area contributed by atoms with E-state index in [-0.39, 0.29) is 0 Å². The maximum atomic E-state index is 2.36. The fourth-order valence-electron chi connectivity index (χ4n) is 1.26. The van der Waals surface area contributed by atoms with E-state index in [0.29, 0.717) is 0 Å². The van der Waals surface area contributed by atoms with Gasteiger partial charge in [-0.15, -0.1) is 0 Å². The molecule has 1 aromatic rings. The maximum absolute atomic E-state index is 2.36. The van der Waals surface area contributed by atoms with Gasteiger partial charge in [-0.25, -0.2) is 0 Å². The van der Waals surface area contributed by atoms with Crippen molar-refractivity contribution in [2.75, 3.05) is 20.1 Å². The molecule has 0 atom stereocenters. The lowest BCUT2D eigenvalue weighted by molar-refractivity contribution is 0.418. The van der Waals surface area contributed by atoms with Crippen molar-refractivity contribution < 1.29 is 0 Å². The van der Waals surface area contributed by atoms with Crippen LogP contribution >= 0.6 is 0 Å². The second kappa shape index (κ2) is 5.78. The number of hydrogen-bond donors (Lipinski definition) is 0. The topological polar surface area (TPSA) is 3.24 Å². The SMILES string of the molecule is CN1CCCC1.c1ccccc1. The Labute approximate surface area is 75.0 Å². The average Bonchev–Trinajstić information content (AvgIpc) is 2.60. The zero-order chi connectivity index (χ0) is 8.65. The quantitative estimate of drug-likeness (QED) is 0.567. The van der Waals surface area contributed by atoms with Crippen LogP contribution in [0.5, 0.6) is 0 Å². The van der Waals surface area contributed by atoms with Crippen LogP contribution < -0.4 is 0 Å². The fraction of sp³-hybridized carbons (Fsp3) is 0.455. The largest absolute Gasteiger partial charge is 0.306 e. The van der Waals surface area contributed by atoms with E-state index in [1.54, 1.807) is 0 Å². The van der Waals surface area contributed by atoms with Crippen molar-refractivity contribution in [3.8, 4) is 0 Å². The molecule has 1 nitrogen and oxygen atoms in total. The molecule has 0 amide bonds. The van der Waals surface area contributed by atoms with Crippen LogP contribution in [0.3, 0.4) is 0 Å². The number of benzene rings is 1. The van der Waals surface area contributed by atoms with Gasteiger partial charge in [-0.05, 0) is 33.0 Å². The highest BCUT2D eigenvalue weighted by molar-refractivity contribution is 4.99. The van der Waals surface area contributed by atoms with E-state index < -0.39 is 0 Å². The van der Waals surface area contributed by atoms with Crippen molar-refractivity contribution in [2.24, 2.45) is 0 Å². The highest BCUT2D eigenvalue weighted by Gasteiger charge is 2.03. The second-order valence-electron chi connectivity index (χ2n) is 3.17. The lowest BCUT2D eigenvalue weighted by atomic mass is 10.4. The zero-order valence-corrected chi connectivity index (χ0v) is 7.74. The third-order valence-corrected chi connectivity index (χ3v) is 2.00. The normalized spacial score (nSPS) is 16.8. The highest BCUT2D eigenvalue weighted by Crippen LogP contribution is 2.02. The van der Waals surface area contributed by atoms with Gasteiger partial charge in [0.25, 0.3) is 0 Å². The molecule has 0 radical (unpaired) electrons. The van der Waals surface area contributed by atoms with E-state index in [4.69, 9.17) is 0 Å². The summed E-state index contributed by atoms with van der Waals surface area (Å²) >= 11 is 0. The molecule has 0 aliphatic carbocycles. The van der Waals surface area contributed by atoms with Crippen molar-refractivity contribution in [1.29, 1.82) is 0 Å². The van der Waals surface area contributed by atoms with Gasteiger partial charge >= 0.3 is 0 Å². The van der Waals surface area contributed by atoms with Crippen LogP contribution in [0.15, 0.2) is 36.4 Å². The highest BCUT2D eigenvalue weighted by atomic mass is 15.1. The van der Waals surface area contributed by atoms with E-state index >= 15 is 0 Å². The minimum atomic E-state index is 1.32. The van der Waals surface area contributed by atoms with Crippen LogP contribution in [-0.2, 0) is 0 Å². The minimum absolute atomic E-state index is 1.32. The molecule has 12 heavy (non-hydrogen) atoms. The van der Waals surface area contributed by atoms with Crippen LogP contribution in [0.2, 0.25) is 0 Å². The summed E-state index contributed by atoms with van der Waals surface area (Å²) in [6.45, 7) is 2.64. The Kier molecular flexibility index (Phi) is 4.47. The van der Waals surface area contributed by atoms with E-state index in [0.717, 1.165) is 0 Å². The van der Waals surface area contributed by atoms with Gasteiger partial charge in [0.1, 0.15) is 0 Å². The maximum Gasteiger partial charge on any atom is -0.00213 e. The molecule has 0 aromatic heterocycles. The number of rotatable bonds is 0. The van der Waals surface area contributed by atoms with Gasteiger partial charge in [0.2, 0.25) is 0 Å². The van der Waals surface area contributed by atoms with Crippen LogP contribution in [0.4, 0.5) is 0 Å². The van der Waals surface area contributed by atoms with E-state index in [1.807, 2.05) is 36.4 Å². The third-order valence-electron chi connectivity index (χ3n) is 2.00. The first-order chi connectivity index (χ1) is 5.89. The summed E-state index contributed by atoms with van der Waals surface area (Å²) < 4.78 is 0. The van der Waals surface area contributed by atoms with Crippen molar-refractivity contribution in [1.82, 2.24) is 4.90 Å². The first-order valence-corrected chi connectivity index (χ1v) is 4.58. The first-order valence-electron chi connectivity index (χ1n) is 4.58. The van der Waals surface area contributed by atoms with Crippen LogP contribution in [-0.4, -0.2) is 25.0 Å². The molecule has 0 bridgehead atoms. The molecule has 0 N–H and O–H groups in total. The lowest BCUT2D eigenvalue weighted by Gasteiger charge is -2.01. The molecule has 1 aromatic carbocycles. The summed E-state index contributed by atoms with van der Waals surface area (Å²) in [5.41, 5.74) is 0. The summed E-state index contributed by atoms with van der Waals surface area (Å²) in [5.74, 6) is 0. The van der Waals surface area contributed by atoms with Gasteiger partial charge in [0, 0.05) is 0 Å². The molecule has 1 fully saturated rings. The summed E-state index contributed by atoms with van der Waals surface area (Å²) in [6, 6.07) is 12.0. The third kappa shape index (κ3) is 4.14. The predicted octanol–water partition coefficient (Wildman–Crippen LogP) is 2.40. The van der Waals surface area contributed by atoms with Gasteiger partial charge in [-0.3, -0.25) is 0 Å². The Balaban J connectivity index is 0.000000120. The molecule has 66 valence electrons. The monoisotopic (exact) mass is 163 g/mol. The molecule has 2 rings (SSSR count). The molecule has 0 unspecified atom stereocenters. The van der Waals surface area contributed by atoms with Gasteiger partial charge in [0.05, 0.1) is 0 Å². The fourth-order valence-corrected chi connectivity index (χ4v) is 1.26. The molecule has 1 heterocycles. The van der Waals surface area contributed by atoms with E-state index in [9.17, 15) is 0 Å². The molecule has 0 saturated carbocycles. The number of nitrogens with zero attached hydrogens (tertiary/aromatic N) is 1. The second-order valence-corrected chi connectivity index (χ2v) is 3.17. The van der Waals surface area contributed by atoms with Crippen molar-refractivity contribution in [3.63, 3.8) is 0 Å². The Morgan fingerprint density at radius 2 is 1.08 bits per heavy atom. The predicted molar refractivity (Wildman–Crippen MR) is 53.2 cm³/mol. The Morgan fingerprint density at radius 3 is 1.25 bits per heavy atom. The molecule has 0 spiro atoms. The van der Waals surface area contributed by atoms with Crippen LogP contribution in [0, 0.1) is 0 Å². The lowest BCUT2D eigenvalue weighted by Crippen LogP contribution is -2.10. The molecule has 1 heteroatoms. The van der Waals surface area contributed by atoms with Crippen molar-refractivity contribution >= 4 is 0 Å². The Bertz CT molecular complexity index is 151.